The van der Waals surface area contributed by atoms with Crippen molar-refractivity contribution in [2.75, 3.05) is 33.4 Å². The molecule has 1 atom stereocenters. The maximum atomic E-state index is 13.1. The summed E-state index contributed by atoms with van der Waals surface area (Å²) in [4.78, 5) is 14.6. The minimum Gasteiger partial charge on any atom is -0.496 e. The van der Waals surface area contributed by atoms with E-state index < -0.39 is 16.1 Å². The summed E-state index contributed by atoms with van der Waals surface area (Å²) >= 11 is 0. The number of sulfonamides is 1. The first-order valence-corrected chi connectivity index (χ1v) is 11.8. The highest BCUT2D eigenvalue weighted by Gasteiger charge is 2.26. The summed E-state index contributed by atoms with van der Waals surface area (Å²) in [7, 11) is -2.42. The summed E-state index contributed by atoms with van der Waals surface area (Å²) in [5.41, 5.74) is 0.994. The third-order valence-electron chi connectivity index (χ3n) is 5.50. The zero-order valence-electron chi connectivity index (χ0n) is 17.6. The topological polar surface area (TPSA) is 94.2 Å². The first-order valence-electron chi connectivity index (χ1n) is 10.3. The van der Waals surface area contributed by atoms with Crippen molar-refractivity contribution in [2.24, 2.45) is 0 Å². The van der Waals surface area contributed by atoms with E-state index in [-0.39, 0.29) is 16.4 Å². The SMILES string of the molecule is COc1ccc(S(=O)(=O)N[C@H](C)c2ccc3c(c2)OCCO3)cc1C(=O)N1CCCC1. The number of hydrogen-bond donors (Lipinski definition) is 1. The average Bonchev–Trinajstić information content (AvgIpc) is 3.32. The van der Waals surface area contributed by atoms with Gasteiger partial charge in [-0.2, -0.15) is 0 Å². The number of rotatable bonds is 6. The van der Waals surface area contributed by atoms with E-state index in [1.54, 1.807) is 30.0 Å². The van der Waals surface area contributed by atoms with Crippen LogP contribution < -0.4 is 18.9 Å². The molecule has 1 saturated heterocycles. The Balaban J connectivity index is 1.58. The van der Waals surface area contributed by atoms with Gasteiger partial charge in [-0.3, -0.25) is 4.79 Å². The van der Waals surface area contributed by atoms with Crippen molar-refractivity contribution in [1.82, 2.24) is 9.62 Å². The van der Waals surface area contributed by atoms with Crippen LogP contribution in [0, 0.1) is 0 Å². The highest BCUT2D eigenvalue weighted by atomic mass is 32.2. The van der Waals surface area contributed by atoms with Gasteiger partial charge in [0.2, 0.25) is 10.0 Å². The first kappa shape index (κ1) is 21.5. The Labute approximate surface area is 182 Å². The third kappa shape index (κ3) is 4.47. The molecule has 2 aromatic carbocycles. The van der Waals surface area contributed by atoms with Crippen molar-refractivity contribution in [3.05, 3.63) is 47.5 Å². The molecular weight excluding hydrogens is 420 g/mol. The van der Waals surface area contributed by atoms with E-state index in [2.05, 4.69) is 4.72 Å². The molecule has 1 N–H and O–H groups in total. The molecule has 0 radical (unpaired) electrons. The molecule has 1 amide bonds. The van der Waals surface area contributed by atoms with Crippen molar-refractivity contribution in [2.45, 2.75) is 30.7 Å². The van der Waals surface area contributed by atoms with Crippen LogP contribution in [0.3, 0.4) is 0 Å². The van der Waals surface area contributed by atoms with Crippen molar-refractivity contribution in [1.29, 1.82) is 0 Å². The summed E-state index contributed by atoms with van der Waals surface area (Å²) in [6.07, 6.45) is 1.89. The summed E-state index contributed by atoms with van der Waals surface area (Å²) < 4.78 is 45.2. The lowest BCUT2D eigenvalue weighted by molar-refractivity contribution is 0.0789. The molecular formula is C22H26N2O6S. The van der Waals surface area contributed by atoms with Crippen LogP contribution in [-0.2, 0) is 10.0 Å². The fourth-order valence-corrected chi connectivity index (χ4v) is 5.07. The number of hydrogen-bond acceptors (Lipinski definition) is 6. The first-order chi connectivity index (χ1) is 14.9. The van der Waals surface area contributed by atoms with Crippen LogP contribution in [0.4, 0.5) is 0 Å². The molecule has 4 rings (SSSR count). The number of carbonyl (C=O) groups excluding carboxylic acids is 1. The van der Waals surface area contributed by atoms with Gasteiger partial charge in [0.15, 0.2) is 11.5 Å². The maximum absolute atomic E-state index is 13.1. The second-order valence-corrected chi connectivity index (χ2v) is 9.32. The minimum absolute atomic E-state index is 0.0141. The second kappa shape index (κ2) is 8.76. The number of amides is 1. The summed E-state index contributed by atoms with van der Waals surface area (Å²) in [5.74, 6) is 1.38. The van der Waals surface area contributed by atoms with Gasteiger partial charge < -0.3 is 19.1 Å². The van der Waals surface area contributed by atoms with Crippen molar-refractivity contribution in [3.63, 3.8) is 0 Å². The number of fused-ring (bicyclic) bond motifs is 1. The van der Waals surface area contributed by atoms with E-state index in [0.29, 0.717) is 43.6 Å². The van der Waals surface area contributed by atoms with E-state index in [4.69, 9.17) is 14.2 Å². The standard InChI is InChI=1S/C22H26N2O6S/c1-15(16-5-7-20-21(13-16)30-12-11-29-20)23-31(26,27)17-6-8-19(28-2)18(14-17)22(25)24-9-3-4-10-24/h5-8,13-15,23H,3-4,9-12H2,1-2H3/t15-/m1/s1. The van der Waals surface area contributed by atoms with Crippen LogP contribution in [0.15, 0.2) is 41.3 Å². The van der Waals surface area contributed by atoms with Crippen molar-refractivity contribution in [3.8, 4) is 17.2 Å². The van der Waals surface area contributed by atoms with Crippen molar-refractivity contribution >= 4 is 15.9 Å². The molecule has 9 heteroatoms. The van der Waals surface area contributed by atoms with Gasteiger partial charge in [0.25, 0.3) is 5.91 Å². The average molecular weight is 447 g/mol. The quantitative estimate of drug-likeness (QED) is 0.733. The normalized spacial score (nSPS) is 16.8. The van der Waals surface area contributed by atoms with Gasteiger partial charge in [-0.25, -0.2) is 13.1 Å². The van der Waals surface area contributed by atoms with Crippen LogP contribution in [0.25, 0.3) is 0 Å². The Morgan fingerprint density at radius 3 is 2.48 bits per heavy atom. The summed E-state index contributed by atoms with van der Waals surface area (Å²) in [6.45, 7) is 4.03. The fourth-order valence-electron chi connectivity index (χ4n) is 3.81. The Bertz CT molecular complexity index is 1080. The number of nitrogens with one attached hydrogen (secondary N) is 1. The molecule has 8 nitrogen and oxygen atoms in total. The zero-order valence-corrected chi connectivity index (χ0v) is 18.4. The van der Waals surface area contributed by atoms with Gasteiger partial charge in [-0.1, -0.05) is 6.07 Å². The number of nitrogens with zero attached hydrogens (tertiary/aromatic N) is 1. The van der Waals surface area contributed by atoms with E-state index in [1.807, 2.05) is 0 Å². The second-order valence-electron chi connectivity index (χ2n) is 7.61. The minimum atomic E-state index is -3.88. The highest BCUT2D eigenvalue weighted by Crippen LogP contribution is 2.33. The van der Waals surface area contributed by atoms with Crippen LogP contribution in [0.5, 0.6) is 17.2 Å². The lowest BCUT2D eigenvalue weighted by Crippen LogP contribution is -2.29. The molecule has 0 aromatic heterocycles. The zero-order chi connectivity index (χ0) is 22.0. The fraction of sp³-hybridized carbons (Fsp3) is 0.409. The summed E-state index contributed by atoms with van der Waals surface area (Å²) in [6, 6.07) is 9.19. The van der Waals surface area contributed by atoms with Gasteiger partial charge in [0.1, 0.15) is 19.0 Å². The van der Waals surface area contributed by atoms with Crippen LogP contribution in [0.2, 0.25) is 0 Å². The van der Waals surface area contributed by atoms with Gasteiger partial charge in [0, 0.05) is 19.1 Å². The molecule has 31 heavy (non-hydrogen) atoms. The van der Waals surface area contributed by atoms with E-state index >= 15 is 0 Å². The molecule has 0 saturated carbocycles. The lowest BCUT2D eigenvalue weighted by Gasteiger charge is -2.21. The molecule has 166 valence electrons. The van der Waals surface area contributed by atoms with Crippen LogP contribution >= 0.6 is 0 Å². The largest absolute Gasteiger partial charge is 0.496 e. The molecule has 1 fully saturated rings. The Morgan fingerprint density at radius 1 is 1.06 bits per heavy atom. The van der Waals surface area contributed by atoms with Gasteiger partial charge in [-0.05, 0) is 55.7 Å². The number of benzene rings is 2. The molecule has 2 aliphatic rings. The molecule has 0 unspecified atom stereocenters. The third-order valence-corrected chi connectivity index (χ3v) is 7.04. The predicted molar refractivity (Wildman–Crippen MR) is 114 cm³/mol. The Morgan fingerprint density at radius 2 is 1.77 bits per heavy atom. The Hall–Kier alpha value is -2.78. The van der Waals surface area contributed by atoms with E-state index in [0.717, 1.165) is 18.4 Å². The maximum Gasteiger partial charge on any atom is 0.257 e. The van der Waals surface area contributed by atoms with Gasteiger partial charge >= 0.3 is 0 Å². The van der Waals surface area contributed by atoms with Crippen LogP contribution in [-0.4, -0.2) is 52.6 Å². The van der Waals surface area contributed by atoms with Gasteiger partial charge in [-0.15, -0.1) is 0 Å². The van der Waals surface area contributed by atoms with Crippen LogP contribution in [0.1, 0.15) is 41.7 Å². The summed E-state index contributed by atoms with van der Waals surface area (Å²) in [5, 5.41) is 0. The van der Waals surface area contributed by atoms with Gasteiger partial charge in [0.05, 0.1) is 17.6 Å². The number of methoxy groups -OCH3 is 1. The number of likely N-dealkylation sites (tertiary alicyclic amines) is 1. The monoisotopic (exact) mass is 446 g/mol. The molecule has 2 aromatic rings. The molecule has 2 heterocycles. The highest BCUT2D eigenvalue weighted by molar-refractivity contribution is 7.89. The van der Waals surface area contributed by atoms with Crippen molar-refractivity contribution < 1.29 is 27.4 Å². The molecule has 0 spiro atoms. The van der Waals surface area contributed by atoms with E-state index in [1.165, 1.54) is 25.3 Å². The number of carbonyl (C=O) groups is 1. The Kier molecular flexibility index (Phi) is 6.06. The molecule has 0 bridgehead atoms. The predicted octanol–water partition coefficient (Wildman–Crippen LogP) is 2.74. The van der Waals surface area contributed by atoms with E-state index in [9.17, 15) is 13.2 Å². The molecule has 0 aliphatic carbocycles. The number of ether oxygens (including phenoxy) is 3. The molecule has 2 aliphatic heterocycles. The lowest BCUT2D eigenvalue weighted by atomic mass is 10.1. The smallest absolute Gasteiger partial charge is 0.257 e.